The number of ether oxygens (including phenoxy) is 1. The molecule has 0 aliphatic rings. The number of nitrogens with two attached hydrogens (primary N) is 1. The van der Waals surface area contributed by atoms with Crippen LogP contribution in [0.3, 0.4) is 0 Å². The number of nitrogens with one attached hydrogen (secondary N) is 1. The average molecular weight is 282 g/mol. The van der Waals surface area contributed by atoms with Crippen LogP contribution in [0.5, 0.6) is 5.75 Å². The first-order valence-corrected chi connectivity index (χ1v) is 7.14. The molecule has 0 saturated heterocycles. The van der Waals surface area contributed by atoms with Crippen LogP contribution in [0.25, 0.3) is 10.1 Å². The van der Waals surface area contributed by atoms with Gasteiger partial charge in [0.25, 0.3) is 0 Å². The molecule has 4 heteroatoms. The highest BCUT2D eigenvalue weighted by Gasteiger charge is 2.04. The molecule has 3 aromatic rings. The predicted molar refractivity (Wildman–Crippen MR) is 83.6 cm³/mol. The van der Waals surface area contributed by atoms with Crippen LogP contribution in [0.4, 0.5) is 0 Å². The first-order chi connectivity index (χ1) is 9.74. The van der Waals surface area contributed by atoms with Gasteiger partial charge in [-0.15, -0.1) is 11.3 Å². The Morgan fingerprint density at radius 1 is 1.10 bits per heavy atom. The molecule has 1 aromatic heterocycles. The number of benzene rings is 2. The van der Waals surface area contributed by atoms with Gasteiger partial charge >= 0.3 is 0 Å². The van der Waals surface area contributed by atoms with Crippen LogP contribution in [0, 0.1) is 5.41 Å². The van der Waals surface area contributed by atoms with Gasteiger partial charge in [0.15, 0.2) is 0 Å². The second-order valence-electron chi connectivity index (χ2n) is 4.48. The van der Waals surface area contributed by atoms with Gasteiger partial charge in [0.1, 0.15) is 18.2 Å². The van der Waals surface area contributed by atoms with Crippen molar-refractivity contribution in [2.75, 3.05) is 0 Å². The molecule has 0 bridgehead atoms. The van der Waals surface area contributed by atoms with Gasteiger partial charge in [0, 0.05) is 15.8 Å². The number of fused-ring (bicyclic) bond motifs is 1. The van der Waals surface area contributed by atoms with Crippen molar-refractivity contribution in [3.63, 3.8) is 0 Å². The van der Waals surface area contributed by atoms with Crippen LogP contribution in [0.15, 0.2) is 53.9 Å². The third-order valence-electron chi connectivity index (χ3n) is 3.12. The Bertz CT molecular complexity index is 747. The summed E-state index contributed by atoms with van der Waals surface area (Å²) >= 11 is 1.73. The number of rotatable bonds is 4. The molecule has 0 amide bonds. The fraction of sp³-hybridized carbons (Fsp3) is 0.0625. The summed E-state index contributed by atoms with van der Waals surface area (Å²) in [4.78, 5) is 0. The first kappa shape index (κ1) is 12.7. The highest BCUT2D eigenvalue weighted by atomic mass is 32.1. The molecule has 0 unspecified atom stereocenters. The largest absolute Gasteiger partial charge is 0.489 e. The number of hydrogen-bond donors (Lipinski definition) is 2. The standard InChI is InChI=1S/C16H14N2OS/c17-16(18)11-5-7-13(8-6-11)19-9-12-10-20-15-4-2-1-3-14(12)15/h1-8,10H,9H2,(H3,17,18). The van der Waals surface area contributed by atoms with E-state index in [2.05, 4.69) is 17.5 Å². The molecule has 0 aliphatic heterocycles. The predicted octanol–water partition coefficient (Wildman–Crippen LogP) is 3.76. The van der Waals surface area contributed by atoms with Crippen LogP contribution in [0.1, 0.15) is 11.1 Å². The Balaban J connectivity index is 1.74. The van der Waals surface area contributed by atoms with E-state index in [1.807, 2.05) is 24.3 Å². The summed E-state index contributed by atoms with van der Waals surface area (Å²) in [5, 5.41) is 10.7. The number of thiophene rings is 1. The maximum atomic E-state index is 7.35. The number of hydrogen-bond acceptors (Lipinski definition) is 3. The van der Waals surface area contributed by atoms with E-state index in [4.69, 9.17) is 15.9 Å². The summed E-state index contributed by atoms with van der Waals surface area (Å²) in [5.41, 5.74) is 7.32. The van der Waals surface area contributed by atoms with Gasteiger partial charge in [0.2, 0.25) is 0 Å². The van der Waals surface area contributed by atoms with Crippen molar-refractivity contribution < 1.29 is 4.74 Å². The van der Waals surface area contributed by atoms with E-state index in [1.54, 1.807) is 23.5 Å². The summed E-state index contributed by atoms with van der Waals surface area (Å²) in [6.07, 6.45) is 0. The lowest BCUT2D eigenvalue weighted by Gasteiger charge is -2.06. The van der Waals surface area contributed by atoms with Crippen molar-refractivity contribution in [2.45, 2.75) is 6.61 Å². The van der Waals surface area contributed by atoms with Gasteiger partial charge in [0.05, 0.1) is 0 Å². The van der Waals surface area contributed by atoms with E-state index < -0.39 is 0 Å². The minimum absolute atomic E-state index is 0.0698. The van der Waals surface area contributed by atoms with Gasteiger partial charge < -0.3 is 10.5 Å². The molecule has 2 aromatic carbocycles. The molecular weight excluding hydrogens is 268 g/mol. The molecule has 3 nitrogen and oxygen atoms in total. The Kier molecular flexibility index (Phi) is 3.39. The Hall–Kier alpha value is -2.33. The van der Waals surface area contributed by atoms with Crippen molar-refractivity contribution in [3.8, 4) is 5.75 Å². The normalized spacial score (nSPS) is 10.6. The molecular formula is C16H14N2OS. The maximum Gasteiger partial charge on any atom is 0.122 e. The summed E-state index contributed by atoms with van der Waals surface area (Å²) in [5.74, 6) is 0.852. The molecule has 0 spiro atoms. The summed E-state index contributed by atoms with van der Waals surface area (Å²) < 4.78 is 7.06. The summed E-state index contributed by atoms with van der Waals surface area (Å²) in [7, 11) is 0. The smallest absolute Gasteiger partial charge is 0.122 e. The van der Waals surface area contributed by atoms with E-state index in [1.165, 1.54) is 15.6 Å². The lowest BCUT2D eigenvalue weighted by atomic mass is 10.2. The lowest BCUT2D eigenvalue weighted by molar-refractivity contribution is 0.308. The van der Waals surface area contributed by atoms with E-state index >= 15 is 0 Å². The highest BCUT2D eigenvalue weighted by Crippen LogP contribution is 2.26. The van der Waals surface area contributed by atoms with Crippen LogP contribution in [-0.2, 0) is 6.61 Å². The minimum atomic E-state index is 0.0698. The number of amidine groups is 1. The van der Waals surface area contributed by atoms with Crippen LogP contribution < -0.4 is 10.5 Å². The monoisotopic (exact) mass is 282 g/mol. The van der Waals surface area contributed by atoms with Crippen molar-refractivity contribution in [3.05, 3.63) is 65.0 Å². The SMILES string of the molecule is N=C(N)c1ccc(OCc2csc3ccccc23)cc1. The van der Waals surface area contributed by atoms with E-state index in [0.29, 0.717) is 12.2 Å². The molecule has 0 atom stereocenters. The highest BCUT2D eigenvalue weighted by molar-refractivity contribution is 7.17. The zero-order chi connectivity index (χ0) is 13.9. The van der Waals surface area contributed by atoms with Crippen LogP contribution >= 0.6 is 11.3 Å². The fourth-order valence-electron chi connectivity index (χ4n) is 2.04. The molecule has 3 rings (SSSR count). The zero-order valence-corrected chi connectivity index (χ0v) is 11.6. The molecule has 1 heterocycles. The van der Waals surface area contributed by atoms with E-state index in [-0.39, 0.29) is 5.84 Å². The molecule has 0 radical (unpaired) electrons. The zero-order valence-electron chi connectivity index (χ0n) is 10.8. The van der Waals surface area contributed by atoms with Gasteiger partial charge in [-0.1, -0.05) is 18.2 Å². The Morgan fingerprint density at radius 2 is 1.85 bits per heavy atom. The molecule has 100 valence electrons. The fourth-order valence-corrected chi connectivity index (χ4v) is 2.98. The quantitative estimate of drug-likeness (QED) is 0.565. The average Bonchev–Trinajstić information content (AvgIpc) is 2.89. The number of nitrogen functional groups attached to an aromatic ring is 1. The van der Waals surface area contributed by atoms with Crippen LogP contribution in [-0.4, -0.2) is 5.84 Å². The second-order valence-corrected chi connectivity index (χ2v) is 5.40. The summed E-state index contributed by atoms with van der Waals surface area (Å²) in [6.45, 7) is 0.545. The molecule has 0 saturated carbocycles. The Labute approximate surface area is 121 Å². The Morgan fingerprint density at radius 3 is 2.60 bits per heavy atom. The second kappa shape index (κ2) is 5.35. The van der Waals surface area contributed by atoms with Gasteiger partial charge in [-0.25, -0.2) is 0 Å². The van der Waals surface area contributed by atoms with Crippen molar-refractivity contribution in [1.29, 1.82) is 5.41 Å². The third kappa shape index (κ3) is 2.51. The van der Waals surface area contributed by atoms with Gasteiger partial charge in [-0.2, -0.15) is 0 Å². The topological polar surface area (TPSA) is 59.1 Å². The van der Waals surface area contributed by atoms with E-state index in [0.717, 1.165) is 5.75 Å². The van der Waals surface area contributed by atoms with Crippen LogP contribution in [0.2, 0.25) is 0 Å². The molecule has 0 aliphatic carbocycles. The van der Waals surface area contributed by atoms with E-state index in [9.17, 15) is 0 Å². The van der Waals surface area contributed by atoms with Gasteiger partial charge in [-0.3, -0.25) is 5.41 Å². The summed E-state index contributed by atoms with van der Waals surface area (Å²) in [6, 6.07) is 15.6. The van der Waals surface area contributed by atoms with Gasteiger partial charge in [-0.05, 0) is 41.1 Å². The lowest BCUT2D eigenvalue weighted by Crippen LogP contribution is -2.10. The maximum absolute atomic E-state index is 7.35. The molecule has 3 N–H and O–H groups in total. The molecule has 0 fully saturated rings. The van der Waals surface area contributed by atoms with Crippen molar-refractivity contribution in [1.82, 2.24) is 0 Å². The van der Waals surface area contributed by atoms with Crippen molar-refractivity contribution >= 4 is 27.3 Å². The third-order valence-corrected chi connectivity index (χ3v) is 4.13. The molecule has 20 heavy (non-hydrogen) atoms. The first-order valence-electron chi connectivity index (χ1n) is 6.26. The van der Waals surface area contributed by atoms with Crippen molar-refractivity contribution in [2.24, 2.45) is 5.73 Å². The minimum Gasteiger partial charge on any atom is -0.489 e.